The third kappa shape index (κ3) is 4.27. The zero-order valence-electron chi connectivity index (χ0n) is 14.4. The lowest BCUT2D eigenvalue weighted by Gasteiger charge is -2.00. The highest BCUT2D eigenvalue weighted by Gasteiger charge is 2.10. The fourth-order valence-electron chi connectivity index (χ4n) is 2.62. The second-order valence-electron chi connectivity index (χ2n) is 5.96. The van der Waals surface area contributed by atoms with E-state index in [1.54, 1.807) is 6.20 Å². The molecule has 0 spiro atoms. The van der Waals surface area contributed by atoms with Crippen LogP contribution in [0.4, 0.5) is 5.13 Å². The van der Waals surface area contributed by atoms with E-state index in [0.29, 0.717) is 18.0 Å². The average molecular weight is 375 g/mol. The van der Waals surface area contributed by atoms with Crippen molar-refractivity contribution in [3.8, 4) is 16.3 Å². The summed E-state index contributed by atoms with van der Waals surface area (Å²) in [6.45, 7) is 0. The van der Waals surface area contributed by atoms with Crippen LogP contribution in [0.5, 0.6) is 0 Å². The van der Waals surface area contributed by atoms with E-state index in [-0.39, 0.29) is 5.91 Å². The van der Waals surface area contributed by atoms with E-state index in [9.17, 15) is 4.79 Å². The number of para-hydroxylation sites is 1. The molecule has 2 aromatic heterocycles. The number of hydrogen-bond donors (Lipinski definition) is 1. The minimum Gasteiger partial charge on any atom is -0.301 e. The Morgan fingerprint density at radius 1 is 1.00 bits per heavy atom. The first kappa shape index (κ1) is 17.1. The number of nitrogens with zero attached hydrogens (tertiary/aromatic N) is 4. The maximum Gasteiger partial charge on any atom is 0.226 e. The van der Waals surface area contributed by atoms with Gasteiger partial charge in [0.25, 0.3) is 0 Å². The largest absolute Gasteiger partial charge is 0.301 e. The number of carbonyl (C=O) groups is 1. The number of hydrogen-bond acceptors (Lipinski definition) is 5. The summed E-state index contributed by atoms with van der Waals surface area (Å²) in [5, 5.41) is 16.7. The van der Waals surface area contributed by atoms with Crippen molar-refractivity contribution in [3.05, 3.63) is 78.6 Å². The average Bonchev–Trinajstić information content (AvgIpc) is 3.37. The molecule has 2 heterocycles. The van der Waals surface area contributed by atoms with Gasteiger partial charge in [-0.1, -0.05) is 59.9 Å². The highest BCUT2D eigenvalue weighted by molar-refractivity contribution is 7.18. The normalized spacial score (nSPS) is 10.7. The molecule has 0 saturated carbocycles. The van der Waals surface area contributed by atoms with Crippen LogP contribution in [0.15, 0.2) is 73.1 Å². The lowest BCUT2D eigenvalue weighted by atomic mass is 10.2. The summed E-state index contributed by atoms with van der Waals surface area (Å²) in [6, 6.07) is 19.7. The molecule has 0 bridgehead atoms. The zero-order chi connectivity index (χ0) is 18.5. The van der Waals surface area contributed by atoms with Crippen molar-refractivity contribution >= 4 is 22.4 Å². The number of anilines is 1. The van der Waals surface area contributed by atoms with E-state index in [2.05, 4.69) is 20.6 Å². The topological polar surface area (TPSA) is 72.7 Å². The van der Waals surface area contributed by atoms with Crippen molar-refractivity contribution in [1.82, 2.24) is 20.0 Å². The summed E-state index contributed by atoms with van der Waals surface area (Å²) in [4.78, 5) is 12.2. The summed E-state index contributed by atoms with van der Waals surface area (Å²) in [5.41, 5.74) is 3.00. The summed E-state index contributed by atoms with van der Waals surface area (Å²) >= 11 is 1.37. The molecule has 2 aromatic carbocycles. The van der Waals surface area contributed by atoms with Crippen molar-refractivity contribution < 1.29 is 4.79 Å². The van der Waals surface area contributed by atoms with E-state index in [0.717, 1.165) is 21.8 Å². The third-order valence-electron chi connectivity index (χ3n) is 3.99. The molecule has 4 rings (SSSR count). The first-order chi connectivity index (χ1) is 13.3. The van der Waals surface area contributed by atoms with Gasteiger partial charge in [0, 0.05) is 18.2 Å². The molecule has 0 radical (unpaired) electrons. The second kappa shape index (κ2) is 7.92. The molecule has 0 aliphatic rings. The standard InChI is InChI=1S/C20H17N5OS/c26-18(22-20-24-23-19(27-20)16-7-3-1-4-8-16)12-11-15-13-21-25(14-15)17-9-5-2-6-10-17/h1-10,13-14H,11-12H2,(H,22,24,26). The van der Waals surface area contributed by atoms with E-state index in [4.69, 9.17) is 0 Å². The van der Waals surface area contributed by atoms with Gasteiger partial charge in [0.05, 0.1) is 11.9 Å². The smallest absolute Gasteiger partial charge is 0.226 e. The Morgan fingerprint density at radius 2 is 1.74 bits per heavy atom. The molecule has 0 unspecified atom stereocenters. The number of aryl methyl sites for hydroxylation is 1. The van der Waals surface area contributed by atoms with Gasteiger partial charge in [-0.05, 0) is 24.1 Å². The maximum absolute atomic E-state index is 12.2. The number of aromatic nitrogens is 4. The Kier molecular flexibility index (Phi) is 5.02. The number of benzene rings is 2. The van der Waals surface area contributed by atoms with Crippen LogP contribution in [-0.4, -0.2) is 25.9 Å². The molecular formula is C20H17N5OS. The molecule has 7 heteroatoms. The van der Waals surface area contributed by atoms with Crippen LogP contribution in [-0.2, 0) is 11.2 Å². The molecule has 4 aromatic rings. The van der Waals surface area contributed by atoms with Crippen LogP contribution in [0.1, 0.15) is 12.0 Å². The Morgan fingerprint density at radius 3 is 2.52 bits per heavy atom. The van der Waals surface area contributed by atoms with Crippen molar-refractivity contribution in [2.45, 2.75) is 12.8 Å². The second-order valence-corrected chi connectivity index (χ2v) is 6.93. The molecule has 0 aliphatic carbocycles. The van der Waals surface area contributed by atoms with Gasteiger partial charge in [-0.15, -0.1) is 10.2 Å². The molecule has 6 nitrogen and oxygen atoms in total. The Hall–Kier alpha value is -3.32. The van der Waals surface area contributed by atoms with Crippen molar-refractivity contribution in [2.24, 2.45) is 0 Å². The van der Waals surface area contributed by atoms with E-state index in [1.807, 2.05) is 71.5 Å². The quantitative estimate of drug-likeness (QED) is 0.554. The number of rotatable bonds is 6. The highest BCUT2D eigenvalue weighted by atomic mass is 32.1. The first-order valence-corrected chi connectivity index (χ1v) is 9.37. The van der Waals surface area contributed by atoms with Crippen molar-refractivity contribution in [3.63, 3.8) is 0 Å². The van der Waals surface area contributed by atoms with Crippen molar-refractivity contribution in [2.75, 3.05) is 5.32 Å². The number of amides is 1. The van der Waals surface area contributed by atoms with Gasteiger partial charge in [-0.3, -0.25) is 4.79 Å². The molecule has 1 N–H and O–H groups in total. The monoisotopic (exact) mass is 375 g/mol. The molecular weight excluding hydrogens is 358 g/mol. The van der Waals surface area contributed by atoms with Gasteiger partial charge in [0.1, 0.15) is 5.01 Å². The molecule has 1 amide bonds. The van der Waals surface area contributed by atoms with E-state index in [1.165, 1.54) is 11.3 Å². The fourth-order valence-corrected chi connectivity index (χ4v) is 3.39. The van der Waals surface area contributed by atoms with Crippen LogP contribution in [0.2, 0.25) is 0 Å². The minimum absolute atomic E-state index is 0.0850. The van der Waals surface area contributed by atoms with Crippen molar-refractivity contribution in [1.29, 1.82) is 0 Å². The summed E-state index contributed by atoms with van der Waals surface area (Å²) in [5.74, 6) is -0.0850. The molecule has 27 heavy (non-hydrogen) atoms. The van der Waals surface area contributed by atoms with Gasteiger partial charge >= 0.3 is 0 Å². The first-order valence-electron chi connectivity index (χ1n) is 8.56. The third-order valence-corrected chi connectivity index (χ3v) is 4.88. The summed E-state index contributed by atoms with van der Waals surface area (Å²) < 4.78 is 1.81. The van der Waals surface area contributed by atoms with Gasteiger partial charge in [-0.2, -0.15) is 5.10 Å². The summed E-state index contributed by atoms with van der Waals surface area (Å²) in [6.07, 6.45) is 4.71. The minimum atomic E-state index is -0.0850. The Balaban J connectivity index is 1.33. The summed E-state index contributed by atoms with van der Waals surface area (Å²) in [7, 11) is 0. The van der Waals surface area contributed by atoms with Gasteiger partial charge < -0.3 is 5.32 Å². The van der Waals surface area contributed by atoms with Crippen LogP contribution in [0.25, 0.3) is 16.3 Å². The lowest BCUT2D eigenvalue weighted by molar-refractivity contribution is -0.116. The maximum atomic E-state index is 12.2. The van der Waals surface area contributed by atoms with Gasteiger partial charge in [-0.25, -0.2) is 4.68 Å². The Labute approximate surface area is 160 Å². The predicted molar refractivity (Wildman–Crippen MR) is 106 cm³/mol. The van der Waals surface area contributed by atoms with Gasteiger partial charge in [0.15, 0.2) is 0 Å². The zero-order valence-corrected chi connectivity index (χ0v) is 15.3. The van der Waals surface area contributed by atoms with E-state index < -0.39 is 0 Å². The number of nitrogens with one attached hydrogen (secondary N) is 1. The lowest BCUT2D eigenvalue weighted by Crippen LogP contribution is -2.12. The highest BCUT2D eigenvalue weighted by Crippen LogP contribution is 2.26. The SMILES string of the molecule is O=C(CCc1cnn(-c2ccccc2)c1)Nc1nnc(-c2ccccc2)s1. The predicted octanol–water partition coefficient (Wildman–Crippen LogP) is 3.96. The van der Waals surface area contributed by atoms with Crippen LogP contribution in [0.3, 0.4) is 0 Å². The van der Waals surface area contributed by atoms with Gasteiger partial charge in [0.2, 0.25) is 11.0 Å². The van der Waals surface area contributed by atoms with E-state index >= 15 is 0 Å². The Bertz CT molecular complexity index is 1030. The number of carbonyl (C=O) groups excluding carboxylic acids is 1. The molecule has 134 valence electrons. The van der Waals surface area contributed by atoms with Crippen LogP contribution >= 0.6 is 11.3 Å². The fraction of sp³-hybridized carbons (Fsp3) is 0.100. The van der Waals surface area contributed by atoms with Crippen LogP contribution < -0.4 is 5.32 Å². The molecule has 0 saturated heterocycles. The van der Waals surface area contributed by atoms with Crippen LogP contribution in [0, 0.1) is 0 Å². The molecule has 0 atom stereocenters. The molecule has 0 fully saturated rings. The molecule has 0 aliphatic heterocycles.